The topological polar surface area (TPSA) is 108 Å². The van der Waals surface area contributed by atoms with Crippen LogP contribution in [-0.4, -0.2) is 46.6 Å². The Balaban J connectivity index is 1.61. The summed E-state index contributed by atoms with van der Waals surface area (Å²) in [5, 5.41) is 10.4. The van der Waals surface area contributed by atoms with Crippen molar-refractivity contribution in [2.24, 2.45) is 7.05 Å². The third kappa shape index (κ3) is 4.34. The summed E-state index contributed by atoms with van der Waals surface area (Å²) in [5.41, 5.74) is 0.996. The molecule has 0 bridgehead atoms. The van der Waals surface area contributed by atoms with E-state index in [0.29, 0.717) is 22.8 Å². The van der Waals surface area contributed by atoms with Crippen molar-refractivity contribution in [2.75, 3.05) is 20.0 Å². The smallest absolute Gasteiger partial charge is 0.277 e. The Morgan fingerprint density at radius 2 is 2.04 bits per heavy atom. The lowest BCUT2D eigenvalue weighted by atomic mass is 10.2. The molecule has 0 spiro atoms. The van der Waals surface area contributed by atoms with Crippen LogP contribution < -0.4 is 14.8 Å². The molecule has 0 radical (unpaired) electrons. The van der Waals surface area contributed by atoms with Crippen molar-refractivity contribution in [1.29, 1.82) is 0 Å². The fourth-order valence-corrected chi connectivity index (χ4v) is 2.97. The summed E-state index contributed by atoms with van der Waals surface area (Å²) in [6.07, 6.45) is 1.72. The minimum atomic E-state index is -0.465. The van der Waals surface area contributed by atoms with Crippen molar-refractivity contribution >= 4 is 23.6 Å². The van der Waals surface area contributed by atoms with Crippen LogP contribution in [0.15, 0.2) is 46.2 Å². The van der Waals surface area contributed by atoms with Crippen molar-refractivity contribution in [2.45, 2.75) is 5.22 Å². The summed E-state index contributed by atoms with van der Waals surface area (Å²) < 4.78 is 17.7. The molecule has 1 N–H and O–H groups in total. The van der Waals surface area contributed by atoms with Crippen LogP contribution in [0, 0.1) is 0 Å². The number of aromatic nitrogens is 3. The first-order chi connectivity index (χ1) is 13.5. The second-order valence-corrected chi connectivity index (χ2v) is 6.54. The highest BCUT2D eigenvalue weighted by atomic mass is 32.2. The maximum Gasteiger partial charge on any atom is 0.277 e. The molecular formula is C18H18N4O5S. The SMILES string of the molecule is COc1ccc(-c2nnc(SCC(=O)NC(=O)c3cccn3C)o2)c(OC)c1. The van der Waals surface area contributed by atoms with Crippen LogP contribution >= 0.6 is 11.8 Å². The number of rotatable bonds is 7. The Bertz CT molecular complexity index is 998. The van der Waals surface area contributed by atoms with Crippen LogP contribution in [0.5, 0.6) is 11.5 Å². The molecule has 0 fully saturated rings. The number of amides is 2. The van der Waals surface area contributed by atoms with Gasteiger partial charge in [0.05, 0.1) is 25.5 Å². The highest BCUT2D eigenvalue weighted by Crippen LogP contribution is 2.33. The normalized spacial score (nSPS) is 10.5. The zero-order valence-corrected chi connectivity index (χ0v) is 16.3. The van der Waals surface area contributed by atoms with Gasteiger partial charge in [0.2, 0.25) is 5.91 Å². The minimum Gasteiger partial charge on any atom is -0.497 e. The molecule has 2 amide bonds. The molecule has 0 unspecified atom stereocenters. The Hall–Kier alpha value is -3.27. The van der Waals surface area contributed by atoms with Gasteiger partial charge in [-0.1, -0.05) is 11.8 Å². The van der Waals surface area contributed by atoms with E-state index in [-0.39, 0.29) is 16.9 Å². The summed E-state index contributed by atoms with van der Waals surface area (Å²) in [6, 6.07) is 8.54. The average molecular weight is 402 g/mol. The molecule has 0 saturated carbocycles. The van der Waals surface area contributed by atoms with Gasteiger partial charge in [0.25, 0.3) is 17.0 Å². The number of carbonyl (C=O) groups excluding carboxylic acids is 2. The molecule has 3 rings (SSSR count). The number of hydrogen-bond donors (Lipinski definition) is 1. The van der Waals surface area contributed by atoms with Crippen molar-refractivity contribution in [1.82, 2.24) is 20.1 Å². The third-order valence-electron chi connectivity index (χ3n) is 3.80. The number of ether oxygens (including phenoxy) is 2. The lowest BCUT2D eigenvalue weighted by Crippen LogP contribution is -2.32. The lowest BCUT2D eigenvalue weighted by molar-refractivity contribution is -0.117. The van der Waals surface area contributed by atoms with Gasteiger partial charge in [-0.05, 0) is 24.3 Å². The van der Waals surface area contributed by atoms with Crippen LogP contribution in [0.2, 0.25) is 0 Å². The van der Waals surface area contributed by atoms with E-state index in [9.17, 15) is 9.59 Å². The molecule has 0 aliphatic carbocycles. The highest BCUT2D eigenvalue weighted by molar-refractivity contribution is 7.99. The molecule has 146 valence electrons. The van der Waals surface area contributed by atoms with E-state index in [0.717, 1.165) is 11.8 Å². The molecule has 28 heavy (non-hydrogen) atoms. The number of imide groups is 1. The Kier molecular flexibility index (Phi) is 5.99. The number of carbonyl (C=O) groups is 2. The van der Waals surface area contributed by atoms with Crippen molar-refractivity contribution in [3.05, 3.63) is 42.2 Å². The maximum atomic E-state index is 12.0. The van der Waals surface area contributed by atoms with Gasteiger partial charge >= 0.3 is 0 Å². The summed E-state index contributed by atoms with van der Waals surface area (Å²) >= 11 is 1.03. The predicted molar refractivity (Wildman–Crippen MR) is 101 cm³/mol. The van der Waals surface area contributed by atoms with E-state index in [4.69, 9.17) is 13.9 Å². The number of hydrogen-bond acceptors (Lipinski definition) is 8. The number of aryl methyl sites for hydroxylation is 1. The predicted octanol–water partition coefficient (Wildman–Crippen LogP) is 2.14. The average Bonchev–Trinajstić information content (AvgIpc) is 3.34. The highest BCUT2D eigenvalue weighted by Gasteiger charge is 2.17. The minimum absolute atomic E-state index is 0.0441. The summed E-state index contributed by atoms with van der Waals surface area (Å²) in [4.78, 5) is 24.0. The van der Waals surface area contributed by atoms with Gasteiger partial charge in [-0.15, -0.1) is 10.2 Å². The quantitative estimate of drug-likeness (QED) is 0.599. The van der Waals surface area contributed by atoms with Gasteiger partial charge < -0.3 is 18.5 Å². The number of thioether (sulfide) groups is 1. The first-order valence-corrected chi connectivity index (χ1v) is 9.14. The molecule has 9 nitrogen and oxygen atoms in total. The Labute approximate surface area is 165 Å². The van der Waals surface area contributed by atoms with Crippen LogP contribution in [0.25, 0.3) is 11.5 Å². The van der Waals surface area contributed by atoms with E-state index in [1.54, 1.807) is 55.3 Å². The first-order valence-electron chi connectivity index (χ1n) is 8.16. The molecular weight excluding hydrogens is 384 g/mol. The third-order valence-corrected chi connectivity index (χ3v) is 4.62. The number of nitrogens with one attached hydrogen (secondary N) is 1. The summed E-state index contributed by atoms with van der Waals surface area (Å²) in [6.45, 7) is 0. The molecule has 0 aliphatic heterocycles. The molecule has 3 aromatic rings. The summed E-state index contributed by atoms with van der Waals surface area (Å²) in [5.74, 6) is 0.435. The molecule has 10 heteroatoms. The molecule has 0 atom stereocenters. The molecule has 1 aromatic carbocycles. The number of nitrogens with zero attached hydrogens (tertiary/aromatic N) is 3. The first kappa shape index (κ1) is 19.5. The fourth-order valence-electron chi connectivity index (χ4n) is 2.40. The van der Waals surface area contributed by atoms with Crippen LogP contribution in [0.4, 0.5) is 0 Å². The van der Waals surface area contributed by atoms with Gasteiger partial charge in [-0.2, -0.15) is 0 Å². The second-order valence-electron chi connectivity index (χ2n) is 5.61. The lowest BCUT2D eigenvalue weighted by Gasteiger charge is -2.07. The van der Waals surface area contributed by atoms with E-state index >= 15 is 0 Å². The zero-order chi connectivity index (χ0) is 20.1. The summed E-state index contributed by atoms with van der Waals surface area (Å²) in [7, 11) is 4.81. The van der Waals surface area contributed by atoms with Crippen LogP contribution in [0.3, 0.4) is 0 Å². The van der Waals surface area contributed by atoms with Crippen molar-refractivity contribution < 1.29 is 23.5 Å². The van der Waals surface area contributed by atoms with E-state index in [1.165, 1.54) is 7.11 Å². The van der Waals surface area contributed by atoms with E-state index in [2.05, 4.69) is 15.5 Å². The van der Waals surface area contributed by atoms with Crippen molar-refractivity contribution in [3.8, 4) is 23.0 Å². The van der Waals surface area contributed by atoms with Gasteiger partial charge in [0, 0.05) is 19.3 Å². The monoisotopic (exact) mass is 402 g/mol. The van der Waals surface area contributed by atoms with E-state index < -0.39 is 11.8 Å². The van der Waals surface area contributed by atoms with Gasteiger partial charge in [0.15, 0.2) is 0 Å². The maximum absolute atomic E-state index is 12.0. The van der Waals surface area contributed by atoms with Gasteiger partial charge in [-0.25, -0.2) is 0 Å². The second kappa shape index (κ2) is 8.61. The van der Waals surface area contributed by atoms with E-state index in [1.807, 2.05) is 0 Å². The molecule has 2 aromatic heterocycles. The zero-order valence-electron chi connectivity index (χ0n) is 15.5. The molecule has 2 heterocycles. The largest absolute Gasteiger partial charge is 0.497 e. The van der Waals surface area contributed by atoms with Gasteiger partial charge in [0.1, 0.15) is 17.2 Å². The number of methoxy groups -OCH3 is 2. The van der Waals surface area contributed by atoms with Crippen LogP contribution in [0.1, 0.15) is 10.5 Å². The Morgan fingerprint density at radius 3 is 2.71 bits per heavy atom. The Morgan fingerprint density at radius 1 is 1.21 bits per heavy atom. The number of benzene rings is 1. The fraction of sp³-hybridized carbons (Fsp3) is 0.222. The molecule has 0 aliphatic rings. The van der Waals surface area contributed by atoms with Crippen molar-refractivity contribution in [3.63, 3.8) is 0 Å². The van der Waals surface area contributed by atoms with Crippen LogP contribution in [-0.2, 0) is 11.8 Å². The molecule has 0 saturated heterocycles. The standard InChI is InChI=1S/C18H18N4O5S/c1-22-8-4-5-13(22)16(24)19-15(23)10-28-18-21-20-17(27-18)12-7-6-11(25-2)9-14(12)26-3/h4-9H,10H2,1-3H3,(H,19,23,24). The van der Waals surface area contributed by atoms with Gasteiger partial charge in [-0.3, -0.25) is 14.9 Å².